The zero-order valence-electron chi connectivity index (χ0n) is 13.4. The summed E-state index contributed by atoms with van der Waals surface area (Å²) < 4.78 is 1.17. The molecule has 0 aromatic carbocycles. The van der Waals surface area contributed by atoms with Gasteiger partial charge in [0.25, 0.3) is 0 Å². The van der Waals surface area contributed by atoms with Gasteiger partial charge in [-0.15, -0.1) is 11.3 Å². The molecule has 0 unspecified atom stereocenters. The van der Waals surface area contributed by atoms with Crippen molar-refractivity contribution in [2.75, 3.05) is 18.0 Å². The van der Waals surface area contributed by atoms with E-state index >= 15 is 0 Å². The molecular weight excluding hydrogens is 308 g/mol. The van der Waals surface area contributed by atoms with Gasteiger partial charge in [-0.3, -0.25) is 4.79 Å². The summed E-state index contributed by atoms with van der Waals surface area (Å²) in [5.74, 6) is 1.35. The van der Waals surface area contributed by atoms with E-state index in [1.54, 1.807) is 17.7 Å². The van der Waals surface area contributed by atoms with Crippen LogP contribution < -0.4 is 4.90 Å². The third kappa shape index (κ3) is 2.49. The number of fused-ring (bicyclic) bond motifs is 1. The maximum atomic E-state index is 12.3. The molecule has 23 heavy (non-hydrogen) atoms. The van der Waals surface area contributed by atoms with Crippen LogP contribution in [0.2, 0.25) is 0 Å². The van der Waals surface area contributed by atoms with Crippen molar-refractivity contribution in [2.45, 2.75) is 51.1 Å². The largest absolute Gasteiger partial charge is 0.350 e. The summed E-state index contributed by atoms with van der Waals surface area (Å²) in [4.78, 5) is 25.8. The molecule has 0 radical (unpaired) electrons. The Morgan fingerprint density at radius 2 is 2.09 bits per heavy atom. The number of amides is 1. The third-order valence-electron chi connectivity index (χ3n) is 5.16. The van der Waals surface area contributed by atoms with Crippen molar-refractivity contribution >= 4 is 33.3 Å². The van der Waals surface area contributed by atoms with Crippen molar-refractivity contribution in [2.24, 2.45) is 0 Å². The van der Waals surface area contributed by atoms with Gasteiger partial charge < -0.3 is 9.80 Å². The van der Waals surface area contributed by atoms with E-state index in [0.29, 0.717) is 24.4 Å². The van der Waals surface area contributed by atoms with Crippen molar-refractivity contribution in [3.05, 3.63) is 17.8 Å². The van der Waals surface area contributed by atoms with Crippen molar-refractivity contribution in [3.8, 4) is 0 Å². The van der Waals surface area contributed by atoms with E-state index in [2.05, 4.69) is 31.2 Å². The Morgan fingerprint density at radius 1 is 1.26 bits per heavy atom. The molecule has 0 bridgehead atoms. The summed E-state index contributed by atoms with van der Waals surface area (Å²) in [6.07, 6.45) is 6.83. The minimum atomic E-state index is 0.295. The lowest BCUT2D eigenvalue weighted by molar-refractivity contribution is -0.132. The van der Waals surface area contributed by atoms with Crippen LogP contribution in [-0.2, 0) is 4.79 Å². The smallest absolute Gasteiger partial charge is 0.222 e. The Kier molecular flexibility index (Phi) is 3.93. The molecule has 5 nitrogen and oxygen atoms in total. The second kappa shape index (κ2) is 6.07. The molecule has 4 rings (SSSR count). The second-order valence-corrected chi connectivity index (χ2v) is 7.30. The third-order valence-corrected chi connectivity index (χ3v) is 6.06. The summed E-state index contributed by atoms with van der Waals surface area (Å²) in [6, 6.07) is 2.79. The summed E-state index contributed by atoms with van der Waals surface area (Å²) in [7, 11) is 0. The molecule has 1 amide bonds. The predicted molar refractivity (Wildman–Crippen MR) is 92.8 cm³/mol. The van der Waals surface area contributed by atoms with Gasteiger partial charge in [-0.05, 0) is 37.1 Å². The van der Waals surface area contributed by atoms with Gasteiger partial charge in [-0.25, -0.2) is 9.97 Å². The minimum absolute atomic E-state index is 0.295. The molecule has 2 aromatic rings. The Labute approximate surface area is 140 Å². The topological polar surface area (TPSA) is 49.3 Å². The fraction of sp³-hybridized carbons (Fsp3) is 0.588. The Morgan fingerprint density at radius 3 is 2.96 bits per heavy atom. The van der Waals surface area contributed by atoms with E-state index in [-0.39, 0.29) is 0 Å². The van der Waals surface area contributed by atoms with Gasteiger partial charge in [0.1, 0.15) is 12.1 Å². The highest BCUT2D eigenvalue weighted by Gasteiger charge is 2.40. The first-order valence-corrected chi connectivity index (χ1v) is 9.42. The van der Waals surface area contributed by atoms with Crippen LogP contribution in [0.25, 0.3) is 10.2 Å². The second-order valence-electron chi connectivity index (χ2n) is 6.39. The summed E-state index contributed by atoms with van der Waals surface area (Å²) in [5, 5.41) is 2.08. The highest BCUT2D eigenvalue weighted by atomic mass is 32.1. The number of hydrogen-bond donors (Lipinski definition) is 0. The van der Waals surface area contributed by atoms with Crippen molar-refractivity contribution in [1.82, 2.24) is 14.9 Å². The molecule has 0 saturated carbocycles. The molecular formula is C17H22N4OS. The molecule has 2 aliphatic rings. The van der Waals surface area contributed by atoms with Gasteiger partial charge in [-0.2, -0.15) is 0 Å². The van der Waals surface area contributed by atoms with Crippen LogP contribution in [0.1, 0.15) is 39.0 Å². The van der Waals surface area contributed by atoms with E-state index < -0.39 is 0 Å². The standard InChI is InChI=1S/C17H22N4OS/c1-2-15(22)20-8-3-5-13(20)14-6-4-9-21(14)17-16-12(7-10-23-16)18-11-19-17/h7,10-11,13-14H,2-6,8-9H2,1H3/t13-,14-/m1/s1. The number of carbonyl (C=O) groups excluding carboxylic acids is 1. The SMILES string of the molecule is CCC(=O)N1CCC[C@@H]1[C@H]1CCCN1c1ncnc2ccsc12. The average molecular weight is 330 g/mol. The lowest BCUT2D eigenvalue weighted by atomic mass is 10.0. The molecule has 6 heteroatoms. The van der Waals surface area contributed by atoms with Crippen LogP contribution in [0.15, 0.2) is 17.8 Å². The number of nitrogens with zero attached hydrogens (tertiary/aromatic N) is 4. The van der Waals surface area contributed by atoms with Crippen molar-refractivity contribution in [3.63, 3.8) is 0 Å². The predicted octanol–water partition coefficient (Wildman–Crippen LogP) is 3.06. The van der Waals surface area contributed by atoms with Crippen LogP contribution in [0, 0.1) is 0 Å². The van der Waals surface area contributed by atoms with Gasteiger partial charge in [0, 0.05) is 19.5 Å². The number of thiophene rings is 1. The fourth-order valence-electron chi connectivity index (χ4n) is 4.14. The molecule has 0 aliphatic carbocycles. The highest BCUT2D eigenvalue weighted by Crippen LogP contribution is 2.36. The monoisotopic (exact) mass is 330 g/mol. The Hall–Kier alpha value is -1.69. The molecule has 2 fully saturated rings. The van der Waals surface area contributed by atoms with E-state index in [4.69, 9.17) is 0 Å². The molecule has 0 N–H and O–H groups in total. The lowest BCUT2D eigenvalue weighted by Crippen LogP contribution is -2.48. The minimum Gasteiger partial charge on any atom is -0.350 e. The number of carbonyl (C=O) groups is 1. The molecule has 0 spiro atoms. The van der Waals surface area contributed by atoms with Crippen LogP contribution >= 0.6 is 11.3 Å². The molecule has 122 valence electrons. The summed E-state index contributed by atoms with van der Waals surface area (Å²) in [6.45, 7) is 3.91. The van der Waals surface area contributed by atoms with Crippen LogP contribution in [0.4, 0.5) is 5.82 Å². The van der Waals surface area contributed by atoms with Crippen molar-refractivity contribution in [1.29, 1.82) is 0 Å². The summed E-state index contributed by atoms with van der Waals surface area (Å²) in [5.41, 5.74) is 1.03. The van der Waals surface area contributed by atoms with Crippen LogP contribution in [-0.4, -0.2) is 45.9 Å². The van der Waals surface area contributed by atoms with E-state index in [1.165, 1.54) is 11.1 Å². The first-order chi connectivity index (χ1) is 11.3. The first kappa shape index (κ1) is 14.9. The number of anilines is 1. The Balaban J connectivity index is 1.67. The van der Waals surface area contributed by atoms with E-state index in [1.807, 2.05) is 6.92 Å². The molecule has 2 atom stereocenters. The van der Waals surface area contributed by atoms with Crippen molar-refractivity contribution < 1.29 is 4.79 Å². The fourth-order valence-corrected chi connectivity index (χ4v) is 4.99. The maximum absolute atomic E-state index is 12.3. The molecule has 4 heterocycles. The van der Waals surface area contributed by atoms with Gasteiger partial charge in [0.15, 0.2) is 0 Å². The van der Waals surface area contributed by atoms with Crippen LogP contribution in [0.3, 0.4) is 0 Å². The lowest BCUT2D eigenvalue weighted by Gasteiger charge is -2.35. The number of rotatable bonds is 3. The van der Waals surface area contributed by atoms with Crippen LogP contribution in [0.5, 0.6) is 0 Å². The molecule has 2 aliphatic heterocycles. The van der Waals surface area contributed by atoms with E-state index in [0.717, 1.165) is 43.7 Å². The van der Waals surface area contributed by atoms with Gasteiger partial charge >= 0.3 is 0 Å². The normalized spacial score (nSPS) is 24.7. The zero-order chi connectivity index (χ0) is 15.8. The van der Waals surface area contributed by atoms with E-state index in [9.17, 15) is 4.79 Å². The van der Waals surface area contributed by atoms with Gasteiger partial charge in [0.2, 0.25) is 5.91 Å². The maximum Gasteiger partial charge on any atom is 0.222 e. The number of aromatic nitrogens is 2. The molecule has 2 aromatic heterocycles. The van der Waals surface area contributed by atoms with Gasteiger partial charge in [-0.1, -0.05) is 6.92 Å². The highest BCUT2D eigenvalue weighted by molar-refractivity contribution is 7.17. The zero-order valence-corrected chi connectivity index (χ0v) is 14.3. The summed E-state index contributed by atoms with van der Waals surface area (Å²) >= 11 is 1.71. The molecule has 2 saturated heterocycles. The number of likely N-dealkylation sites (tertiary alicyclic amines) is 1. The first-order valence-electron chi connectivity index (χ1n) is 8.54. The quantitative estimate of drug-likeness (QED) is 0.868. The Bertz CT molecular complexity index is 715. The van der Waals surface area contributed by atoms with Gasteiger partial charge in [0.05, 0.1) is 22.3 Å². The number of hydrogen-bond acceptors (Lipinski definition) is 5. The average Bonchev–Trinajstić information content (AvgIpc) is 3.31.